The summed E-state index contributed by atoms with van der Waals surface area (Å²) in [7, 11) is -2.37. The number of carboxylic acid groups (broad SMARTS) is 1. The third kappa shape index (κ3) is 4.71. The highest BCUT2D eigenvalue weighted by atomic mass is 32.2. The summed E-state index contributed by atoms with van der Waals surface area (Å²) in [6.07, 6.45) is 0. The number of hydrogen-bond acceptors (Lipinski definition) is 4. The van der Waals surface area contributed by atoms with Crippen molar-refractivity contribution in [3.63, 3.8) is 0 Å². The standard InChI is InChI=1S/C12H18N2O5S/c1-8(2)7-13-20(17,18)14-9-4-5-10(12(15)16)11(6-9)19-3/h4-6,8,13-14H,7H2,1-3H3,(H,15,16). The van der Waals surface area contributed by atoms with Crippen LogP contribution < -0.4 is 14.2 Å². The summed E-state index contributed by atoms with van der Waals surface area (Å²) in [5, 5.41) is 8.93. The van der Waals surface area contributed by atoms with Crippen molar-refractivity contribution in [1.29, 1.82) is 0 Å². The minimum atomic E-state index is -3.69. The second-order valence-electron chi connectivity index (χ2n) is 4.57. The summed E-state index contributed by atoms with van der Waals surface area (Å²) >= 11 is 0. The normalized spacial score (nSPS) is 11.4. The van der Waals surface area contributed by atoms with E-state index in [4.69, 9.17) is 9.84 Å². The van der Waals surface area contributed by atoms with E-state index in [2.05, 4.69) is 9.44 Å². The lowest BCUT2D eigenvalue weighted by atomic mass is 10.2. The molecular formula is C12H18N2O5S. The maximum absolute atomic E-state index is 11.7. The van der Waals surface area contributed by atoms with E-state index in [-0.39, 0.29) is 22.9 Å². The van der Waals surface area contributed by atoms with Crippen LogP contribution in [0.2, 0.25) is 0 Å². The van der Waals surface area contributed by atoms with E-state index in [1.807, 2.05) is 13.8 Å². The van der Waals surface area contributed by atoms with Gasteiger partial charge in [0.15, 0.2) is 0 Å². The van der Waals surface area contributed by atoms with Crippen molar-refractivity contribution in [3.8, 4) is 5.75 Å². The summed E-state index contributed by atoms with van der Waals surface area (Å²) < 4.78 is 33.1. The van der Waals surface area contributed by atoms with Crippen molar-refractivity contribution in [2.45, 2.75) is 13.8 Å². The van der Waals surface area contributed by atoms with E-state index < -0.39 is 16.2 Å². The molecule has 1 aromatic rings. The minimum absolute atomic E-state index is 0.0365. The van der Waals surface area contributed by atoms with E-state index in [1.165, 1.54) is 25.3 Å². The molecule has 0 bridgehead atoms. The van der Waals surface area contributed by atoms with Gasteiger partial charge in [0.2, 0.25) is 0 Å². The first-order valence-corrected chi connectivity index (χ1v) is 7.42. The molecule has 1 aromatic carbocycles. The molecule has 0 radical (unpaired) electrons. The van der Waals surface area contributed by atoms with Crippen LogP contribution in [0.5, 0.6) is 5.75 Å². The SMILES string of the molecule is COc1cc(NS(=O)(=O)NCC(C)C)ccc1C(=O)O. The van der Waals surface area contributed by atoms with Crippen LogP contribution in [0.1, 0.15) is 24.2 Å². The first kappa shape index (κ1) is 16.3. The van der Waals surface area contributed by atoms with Crippen LogP contribution in [-0.4, -0.2) is 33.1 Å². The van der Waals surface area contributed by atoms with E-state index in [0.29, 0.717) is 6.54 Å². The molecular weight excluding hydrogens is 284 g/mol. The average molecular weight is 302 g/mol. The molecule has 0 aliphatic heterocycles. The van der Waals surface area contributed by atoms with E-state index in [1.54, 1.807) is 0 Å². The lowest BCUT2D eigenvalue weighted by Crippen LogP contribution is -2.32. The van der Waals surface area contributed by atoms with Gasteiger partial charge in [-0.3, -0.25) is 4.72 Å². The number of nitrogens with one attached hydrogen (secondary N) is 2. The summed E-state index contributed by atoms with van der Waals surface area (Å²) in [6, 6.07) is 3.96. The van der Waals surface area contributed by atoms with Gasteiger partial charge >= 0.3 is 5.97 Å². The van der Waals surface area contributed by atoms with Crippen LogP contribution in [0.3, 0.4) is 0 Å². The molecule has 0 aliphatic carbocycles. The van der Waals surface area contributed by atoms with Gasteiger partial charge in [0.1, 0.15) is 11.3 Å². The molecule has 20 heavy (non-hydrogen) atoms. The van der Waals surface area contributed by atoms with E-state index in [9.17, 15) is 13.2 Å². The van der Waals surface area contributed by atoms with E-state index >= 15 is 0 Å². The predicted molar refractivity (Wildman–Crippen MR) is 75.3 cm³/mol. The maximum Gasteiger partial charge on any atom is 0.339 e. The van der Waals surface area contributed by atoms with E-state index in [0.717, 1.165) is 0 Å². The maximum atomic E-state index is 11.7. The molecule has 0 heterocycles. The van der Waals surface area contributed by atoms with Gasteiger partial charge in [-0.15, -0.1) is 0 Å². The van der Waals surface area contributed by atoms with Crippen LogP contribution in [0.15, 0.2) is 18.2 Å². The smallest absolute Gasteiger partial charge is 0.339 e. The highest BCUT2D eigenvalue weighted by Crippen LogP contribution is 2.23. The second-order valence-corrected chi connectivity index (χ2v) is 6.07. The van der Waals surface area contributed by atoms with Gasteiger partial charge in [-0.05, 0) is 18.1 Å². The number of anilines is 1. The highest BCUT2D eigenvalue weighted by Gasteiger charge is 2.14. The van der Waals surface area contributed by atoms with Crippen molar-refractivity contribution in [2.24, 2.45) is 5.92 Å². The Kier molecular flexibility index (Phi) is 5.34. The van der Waals surface area contributed by atoms with Crippen molar-refractivity contribution in [1.82, 2.24) is 4.72 Å². The van der Waals surface area contributed by atoms with Crippen LogP contribution >= 0.6 is 0 Å². The molecule has 0 amide bonds. The first-order valence-electron chi connectivity index (χ1n) is 5.94. The van der Waals surface area contributed by atoms with Gasteiger partial charge in [0.25, 0.3) is 10.2 Å². The third-order valence-electron chi connectivity index (χ3n) is 2.37. The van der Waals surface area contributed by atoms with Crippen LogP contribution in [-0.2, 0) is 10.2 Å². The van der Waals surface area contributed by atoms with Gasteiger partial charge in [-0.2, -0.15) is 13.1 Å². The first-order chi connectivity index (χ1) is 9.25. The van der Waals surface area contributed by atoms with Crippen LogP contribution in [0.25, 0.3) is 0 Å². The van der Waals surface area contributed by atoms with Gasteiger partial charge in [0.05, 0.1) is 12.8 Å². The molecule has 0 fully saturated rings. The zero-order valence-electron chi connectivity index (χ0n) is 11.5. The summed E-state index contributed by atoms with van der Waals surface area (Å²) in [5.74, 6) is -0.883. The monoisotopic (exact) mass is 302 g/mol. The Hall–Kier alpha value is -1.80. The number of benzene rings is 1. The molecule has 3 N–H and O–H groups in total. The molecule has 0 unspecified atom stereocenters. The number of aromatic carboxylic acids is 1. The molecule has 0 spiro atoms. The van der Waals surface area contributed by atoms with Crippen molar-refractivity contribution in [3.05, 3.63) is 23.8 Å². The van der Waals surface area contributed by atoms with Crippen molar-refractivity contribution in [2.75, 3.05) is 18.4 Å². The number of carboxylic acids is 1. The molecule has 0 aliphatic rings. The number of ether oxygens (including phenoxy) is 1. The van der Waals surface area contributed by atoms with Crippen molar-refractivity contribution < 1.29 is 23.1 Å². The Bertz CT molecular complexity index is 584. The fraction of sp³-hybridized carbons (Fsp3) is 0.417. The highest BCUT2D eigenvalue weighted by molar-refractivity contribution is 7.90. The zero-order valence-corrected chi connectivity index (χ0v) is 12.3. The van der Waals surface area contributed by atoms with Gasteiger partial charge in [-0.25, -0.2) is 4.79 Å². The molecule has 0 saturated heterocycles. The van der Waals surface area contributed by atoms with Crippen molar-refractivity contribution >= 4 is 21.9 Å². The fourth-order valence-electron chi connectivity index (χ4n) is 1.40. The number of hydrogen-bond donors (Lipinski definition) is 3. The van der Waals surface area contributed by atoms with Crippen LogP contribution in [0.4, 0.5) is 5.69 Å². The second kappa shape index (κ2) is 6.58. The lowest BCUT2D eigenvalue weighted by molar-refractivity contribution is 0.0693. The molecule has 7 nitrogen and oxygen atoms in total. The molecule has 0 atom stereocenters. The fourth-order valence-corrected chi connectivity index (χ4v) is 2.46. The Balaban J connectivity index is 2.91. The molecule has 112 valence electrons. The Morgan fingerprint density at radius 3 is 2.55 bits per heavy atom. The number of rotatable bonds is 7. The topological polar surface area (TPSA) is 105 Å². The quantitative estimate of drug-likeness (QED) is 0.704. The van der Waals surface area contributed by atoms with Gasteiger partial charge < -0.3 is 9.84 Å². The molecule has 8 heteroatoms. The number of methoxy groups -OCH3 is 1. The Labute approximate surface area is 118 Å². The summed E-state index contributed by atoms with van der Waals surface area (Å²) in [6.45, 7) is 4.07. The predicted octanol–water partition coefficient (Wildman–Crippen LogP) is 1.30. The summed E-state index contributed by atoms with van der Waals surface area (Å²) in [4.78, 5) is 10.9. The third-order valence-corrected chi connectivity index (χ3v) is 3.42. The number of carbonyl (C=O) groups is 1. The molecule has 0 saturated carbocycles. The lowest BCUT2D eigenvalue weighted by Gasteiger charge is -2.12. The molecule has 0 aromatic heterocycles. The van der Waals surface area contributed by atoms with Gasteiger partial charge in [0, 0.05) is 12.6 Å². The largest absolute Gasteiger partial charge is 0.496 e. The Morgan fingerprint density at radius 1 is 1.40 bits per heavy atom. The minimum Gasteiger partial charge on any atom is -0.496 e. The average Bonchev–Trinajstić information content (AvgIpc) is 2.35. The zero-order chi connectivity index (χ0) is 15.3. The Morgan fingerprint density at radius 2 is 2.05 bits per heavy atom. The molecule has 1 rings (SSSR count). The van der Waals surface area contributed by atoms with Gasteiger partial charge in [-0.1, -0.05) is 13.8 Å². The van der Waals surface area contributed by atoms with Crippen LogP contribution in [0, 0.1) is 5.92 Å². The summed E-state index contributed by atoms with van der Waals surface area (Å²) in [5.41, 5.74) is 0.189.